The molecule has 4 rings (SSSR count). The molecule has 27 heavy (non-hydrogen) atoms. The Morgan fingerprint density at radius 3 is 2.70 bits per heavy atom. The maximum Gasteiger partial charge on any atom is 0.204 e. The lowest BCUT2D eigenvalue weighted by Crippen LogP contribution is -2.07. The summed E-state index contributed by atoms with van der Waals surface area (Å²) in [4.78, 5) is 5.63. The Bertz CT molecular complexity index is 1020. The highest BCUT2D eigenvalue weighted by atomic mass is 35.5. The van der Waals surface area contributed by atoms with Gasteiger partial charge in [0.15, 0.2) is 0 Å². The molecule has 7 heteroatoms. The first-order chi connectivity index (χ1) is 13.3. The fourth-order valence-electron chi connectivity index (χ4n) is 2.62. The third-order valence-corrected chi connectivity index (χ3v) is 4.17. The zero-order valence-electron chi connectivity index (χ0n) is 14.4. The molecule has 0 unspecified atom stereocenters. The molecule has 6 nitrogen and oxygen atoms in total. The molecule has 0 saturated heterocycles. The fraction of sp³-hybridized carbons (Fsp3) is 0.100. The Balaban J connectivity index is 1.53. The van der Waals surface area contributed by atoms with Crippen LogP contribution in [0.15, 0.2) is 73.1 Å². The maximum atomic E-state index is 6.17. The van der Waals surface area contributed by atoms with Crippen molar-refractivity contribution >= 4 is 11.6 Å². The van der Waals surface area contributed by atoms with Gasteiger partial charge in [0.25, 0.3) is 0 Å². The number of benzene rings is 2. The first-order valence-corrected chi connectivity index (χ1v) is 8.79. The third-order valence-electron chi connectivity index (χ3n) is 3.94. The smallest absolute Gasteiger partial charge is 0.204 e. The molecule has 0 amide bonds. The van der Waals surface area contributed by atoms with E-state index in [1.54, 1.807) is 18.5 Å². The topological polar surface area (TPSA) is 65.7 Å². The van der Waals surface area contributed by atoms with Gasteiger partial charge in [0.1, 0.15) is 12.4 Å². The molecule has 0 aliphatic heterocycles. The number of nitrogens with zero attached hydrogens (tertiary/aromatic N) is 5. The monoisotopic (exact) mass is 377 g/mol. The van der Waals surface area contributed by atoms with Gasteiger partial charge in [0, 0.05) is 34.1 Å². The van der Waals surface area contributed by atoms with E-state index in [4.69, 9.17) is 16.3 Å². The maximum absolute atomic E-state index is 6.17. The normalized spacial score (nSPS) is 10.7. The Labute approximate surface area is 161 Å². The Morgan fingerprint density at radius 2 is 1.89 bits per heavy atom. The van der Waals surface area contributed by atoms with Crippen molar-refractivity contribution in [3.63, 3.8) is 0 Å². The van der Waals surface area contributed by atoms with Crippen LogP contribution in [0.25, 0.3) is 11.4 Å². The highest BCUT2D eigenvalue weighted by molar-refractivity contribution is 6.30. The summed E-state index contributed by atoms with van der Waals surface area (Å²) in [7, 11) is 0. The molecule has 4 aromatic rings. The molecule has 0 radical (unpaired) electrons. The highest BCUT2D eigenvalue weighted by Gasteiger charge is 2.10. The Morgan fingerprint density at radius 1 is 1.00 bits per heavy atom. The summed E-state index contributed by atoms with van der Waals surface area (Å²) in [5.74, 6) is 1.30. The van der Waals surface area contributed by atoms with E-state index in [-0.39, 0.29) is 0 Å². The van der Waals surface area contributed by atoms with Crippen LogP contribution in [0.5, 0.6) is 5.75 Å². The van der Waals surface area contributed by atoms with Crippen LogP contribution < -0.4 is 4.74 Å². The van der Waals surface area contributed by atoms with E-state index in [9.17, 15) is 0 Å². The SMILES string of the molecule is Clc1ccc(OCc2cccnc2)c(Cn2nnc(-c3ccccc3)n2)c1. The summed E-state index contributed by atoms with van der Waals surface area (Å²) in [5, 5.41) is 13.3. The second kappa shape index (κ2) is 7.97. The van der Waals surface area contributed by atoms with Crippen LogP contribution in [-0.4, -0.2) is 25.2 Å². The van der Waals surface area contributed by atoms with Gasteiger partial charge in [0.2, 0.25) is 5.82 Å². The van der Waals surface area contributed by atoms with Gasteiger partial charge in [-0.15, -0.1) is 10.2 Å². The average Bonchev–Trinajstić information content (AvgIpc) is 3.17. The number of tetrazole rings is 1. The van der Waals surface area contributed by atoms with Gasteiger partial charge < -0.3 is 4.74 Å². The summed E-state index contributed by atoms with van der Waals surface area (Å²) < 4.78 is 5.95. The number of pyridine rings is 1. The molecule has 134 valence electrons. The van der Waals surface area contributed by atoms with Crippen LogP contribution in [0.2, 0.25) is 5.02 Å². The van der Waals surface area contributed by atoms with Gasteiger partial charge in [-0.1, -0.05) is 48.0 Å². The molecule has 0 atom stereocenters. The molecular weight excluding hydrogens is 362 g/mol. The molecule has 0 fully saturated rings. The van der Waals surface area contributed by atoms with Gasteiger partial charge in [0.05, 0.1) is 6.54 Å². The summed E-state index contributed by atoms with van der Waals surface area (Å²) in [5.41, 5.74) is 2.79. The van der Waals surface area contributed by atoms with Crippen LogP contribution in [0.4, 0.5) is 0 Å². The zero-order chi connectivity index (χ0) is 18.5. The Hall–Kier alpha value is -3.25. The van der Waals surface area contributed by atoms with Crippen molar-refractivity contribution in [2.75, 3.05) is 0 Å². The van der Waals surface area contributed by atoms with Gasteiger partial charge in [-0.3, -0.25) is 4.98 Å². The number of ether oxygens (including phenoxy) is 1. The molecule has 0 saturated carbocycles. The van der Waals surface area contributed by atoms with Crippen LogP contribution in [0.3, 0.4) is 0 Å². The minimum absolute atomic E-state index is 0.406. The molecule has 2 heterocycles. The zero-order valence-corrected chi connectivity index (χ0v) is 15.1. The molecular formula is C20H16ClN5O. The molecule has 0 N–H and O–H groups in total. The summed E-state index contributed by atoms with van der Waals surface area (Å²) in [6, 6.07) is 19.1. The van der Waals surface area contributed by atoms with E-state index in [1.807, 2.05) is 54.6 Å². The molecule has 0 bridgehead atoms. The predicted molar refractivity (Wildman–Crippen MR) is 102 cm³/mol. The molecule has 2 aromatic heterocycles. The Kier molecular flexibility index (Phi) is 5.07. The van der Waals surface area contributed by atoms with Crippen molar-refractivity contribution in [3.8, 4) is 17.1 Å². The number of rotatable bonds is 6. The van der Waals surface area contributed by atoms with E-state index in [1.165, 1.54) is 4.80 Å². The molecule has 0 aliphatic rings. The van der Waals surface area contributed by atoms with Crippen molar-refractivity contribution in [1.82, 2.24) is 25.2 Å². The number of aromatic nitrogens is 5. The summed E-state index contributed by atoms with van der Waals surface area (Å²) >= 11 is 6.17. The quantitative estimate of drug-likeness (QED) is 0.507. The van der Waals surface area contributed by atoms with Crippen molar-refractivity contribution in [2.24, 2.45) is 0 Å². The van der Waals surface area contributed by atoms with Crippen LogP contribution in [-0.2, 0) is 13.2 Å². The number of hydrogen-bond donors (Lipinski definition) is 0. The van der Waals surface area contributed by atoms with E-state index in [0.717, 1.165) is 22.4 Å². The van der Waals surface area contributed by atoms with E-state index >= 15 is 0 Å². The van der Waals surface area contributed by atoms with Crippen molar-refractivity contribution < 1.29 is 4.74 Å². The first kappa shape index (κ1) is 17.2. The molecule has 2 aromatic carbocycles. The lowest BCUT2D eigenvalue weighted by Gasteiger charge is -2.11. The fourth-order valence-corrected chi connectivity index (χ4v) is 2.82. The average molecular weight is 378 g/mol. The van der Waals surface area contributed by atoms with E-state index < -0.39 is 0 Å². The highest BCUT2D eigenvalue weighted by Crippen LogP contribution is 2.24. The van der Waals surface area contributed by atoms with Crippen LogP contribution in [0, 0.1) is 0 Å². The molecule has 0 spiro atoms. The van der Waals surface area contributed by atoms with Crippen molar-refractivity contribution in [2.45, 2.75) is 13.2 Å². The van der Waals surface area contributed by atoms with Gasteiger partial charge >= 0.3 is 0 Å². The number of halogens is 1. The van der Waals surface area contributed by atoms with Gasteiger partial charge in [-0.05, 0) is 29.5 Å². The summed E-state index contributed by atoms with van der Waals surface area (Å²) in [6.07, 6.45) is 3.51. The second-order valence-corrected chi connectivity index (χ2v) is 6.35. The van der Waals surface area contributed by atoms with Crippen molar-refractivity contribution in [3.05, 3.63) is 89.2 Å². The molecule has 0 aliphatic carbocycles. The standard InChI is InChI=1S/C20H16ClN5O/c21-18-8-9-19(27-14-15-5-4-10-22-12-15)17(11-18)13-26-24-20(23-25-26)16-6-2-1-3-7-16/h1-12H,13-14H2. The van der Waals surface area contributed by atoms with Crippen LogP contribution >= 0.6 is 11.6 Å². The lowest BCUT2D eigenvalue weighted by molar-refractivity contribution is 0.301. The van der Waals surface area contributed by atoms with E-state index in [0.29, 0.717) is 24.0 Å². The predicted octanol–water partition coefficient (Wildman–Crippen LogP) is 4.02. The summed E-state index contributed by atoms with van der Waals surface area (Å²) in [6.45, 7) is 0.825. The van der Waals surface area contributed by atoms with Crippen LogP contribution in [0.1, 0.15) is 11.1 Å². The van der Waals surface area contributed by atoms with Gasteiger partial charge in [-0.2, -0.15) is 4.80 Å². The number of hydrogen-bond acceptors (Lipinski definition) is 5. The van der Waals surface area contributed by atoms with E-state index in [2.05, 4.69) is 20.4 Å². The van der Waals surface area contributed by atoms with Crippen molar-refractivity contribution in [1.29, 1.82) is 0 Å². The minimum Gasteiger partial charge on any atom is -0.488 e. The lowest BCUT2D eigenvalue weighted by atomic mass is 10.2. The second-order valence-electron chi connectivity index (χ2n) is 5.91. The third kappa shape index (κ3) is 4.30. The first-order valence-electron chi connectivity index (χ1n) is 8.41. The van der Waals surface area contributed by atoms with Gasteiger partial charge in [-0.25, -0.2) is 0 Å². The minimum atomic E-state index is 0.406. The largest absolute Gasteiger partial charge is 0.488 e.